The maximum atomic E-state index is 10.3. The lowest BCUT2D eigenvalue weighted by Crippen LogP contribution is -2.21. The Hall–Kier alpha value is -2.34. The van der Waals surface area contributed by atoms with Gasteiger partial charge in [-0.3, -0.25) is 0 Å². The molecule has 30 heavy (non-hydrogen) atoms. The Bertz CT molecular complexity index is 946. The summed E-state index contributed by atoms with van der Waals surface area (Å²) < 4.78 is 12.8. The van der Waals surface area contributed by atoms with E-state index in [1.54, 1.807) is 0 Å². The highest BCUT2D eigenvalue weighted by Crippen LogP contribution is 2.34. The fraction of sp³-hybridized carbons (Fsp3) is 0.280. The molecule has 3 rings (SSSR count). The van der Waals surface area contributed by atoms with E-state index in [-0.39, 0.29) is 0 Å². The van der Waals surface area contributed by atoms with Crippen LogP contribution in [-0.2, 0) is 13.2 Å². The minimum Gasteiger partial charge on any atom is -0.490 e. The second-order valence-electron chi connectivity index (χ2n) is 7.16. The van der Waals surface area contributed by atoms with Gasteiger partial charge in [-0.05, 0) is 42.7 Å². The van der Waals surface area contributed by atoms with Gasteiger partial charge in [-0.1, -0.05) is 76.1 Å². The summed E-state index contributed by atoms with van der Waals surface area (Å²) in [6, 6.07) is 21.9. The molecule has 0 aliphatic rings. The average Bonchev–Trinajstić information content (AvgIpc) is 2.75. The van der Waals surface area contributed by atoms with Gasteiger partial charge in [-0.15, -0.1) is 0 Å². The van der Waals surface area contributed by atoms with Crippen LogP contribution in [0.3, 0.4) is 0 Å². The predicted molar refractivity (Wildman–Crippen MR) is 124 cm³/mol. The zero-order chi connectivity index (χ0) is 21.3. The van der Waals surface area contributed by atoms with E-state index in [0.717, 1.165) is 21.2 Å². The summed E-state index contributed by atoms with van der Waals surface area (Å²) in [6.45, 7) is 6.13. The van der Waals surface area contributed by atoms with Crippen LogP contribution in [0.25, 0.3) is 0 Å². The predicted octanol–water partition coefficient (Wildman–Crippen LogP) is 5.56. The zero-order valence-electron chi connectivity index (χ0n) is 17.4. The van der Waals surface area contributed by atoms with Crippen molar-refractivity contribution < 1.29 is 14.6 Å². The number of ether oxygens (including phenoxy) is 2. The summed E-state index contributed by atoms with van der Waals surface area (Å²) in [7, 11) is 0. The Morgan fingerprint density at radius 3 is 2.47 bits per heavy atom. The third kappa shape index (κ3) is 6.33. The summed E-state index contributed by atoms with van der Waals surface area (Å²) in [5.74, 6) is 1.42. The highest BCUT2D eigenvalue weighted by atomic mass is 79.9. The van der Waals surface area contributed by atoms with Crippen LogP contribution in [0.4, 0.5) is 0 Å². The molecule has 1 atom stereocenters. The molecule has 0 aliphatic heterocycles. The van der Waals surface area contributed by atoms with Crippen LogP contribution in [0, 0.1) is 6.92 Å². The molecule has 158 valence electrons. The first-order valence-electron chi connectivity index (χ1n) is 10.1. The van der Waals surface area contributed by atoms with Crippen molar-refractivity contribution in [3.05, 3.63) is 93.5 Å². The van der Waals surface area contributed by atoms with Crippen LogP contribution in [0.5, 0.6) is 11.5 Å². The minimum atomic E-state index is -0.548. The number of halogens is 1. The Morgan fingerprint density at radius 2 is 1.73 bits per heavy atom. The zero-order valence-corrected chi connectivity index (χ0v) is 19.0. The van der Waals surface area contributed by atoms with Crippen molar-refractivity contribution in [1.82, 2.24) is 5.32 Å². The van der Waals surface area contributed by atoms with E-state index < -0.39 is 6.10 Å². The normalized spacial score (nSPS) is 11.9. The molecule has 0 aliphatic carbocycles. The molecular weight excluding hydrogens is 442 g/mol. The van der Waals surface area contributed by atoms with E-state index in [1.807, 2.05) is 55.5 Å². The monoisotopic (exact) mass is 469 g/mol. The number of hydrogen-bond acceptors (Lipinski definition) is 4. The first-order chi connectivity index (χ1) is 14.6. The molecule has 3 aromatic carbocycles. The van der Waals surface area contributed by atoms with Gasteiger partial charge in [0.25, 0.3) is 0 Å². The molecule has 5 heteroatoms. The molecule has 2 N–H and O–H groups in total. The smallest absolute Gasteiger partial charge is 0.162 e. The summed E-state index contributed by atoms with van der Waals surface area (Å²) in [5.41, 5.74) is 4.27. The van der Waals surface area contributed by atoms with Crippen LogP contribution >= 0.6 is 15.9 Å². The van der Waals surface area contributed by atoms with Gasteiger partial charge >= 0.3 is 0 Å². The lowest BCUT2D eigenvalue weighted by atomic mass is 10.1. The van der Waals surface area contributed by atoms with Crippen molar-refractivity contribution in [3.63, 3.8) is 0 Å². The third-order valence-electron chi connectivity index (χ3n) is 4.73. The van der Waals surface area contributed by atoms with E-state index >= 15 is 0 Å². The van der Waals surface area contributed by atoms with Gasteiger partial charge in [-0.25, -0.2) is 0 Å². The lowest BCUT2D eigenvalue weighted by Gasteiger charge is -2.17. The quantitative estimate of drug-likeness (QED) is 0.408. The van der Waals surface area contributed by atoms with Crippen molar-refractivity contribution in [2.45, 2.75) is 33.1 Å². The molecule has 0 saturated carbocycles. The summed E-state index contributed by atoms with van der Waals surface area (Å²) in [6.07, 6.45) is -0.548. The second-order valence-corrected chi connectivity index (χ2v) is 8.01. The largest absolute Gasteiger partial charge is 0.490 e. The Kier molecular flexibility index (Phi) is 8.31. The van der Waals surface area contributed by atoms with Crippen LogP contribution < -0.4 is 14.8 Å². The first-order valence-corrected chi connectivity index (χ1v) is 10.9. The first kappa shape index (κ1) is 22.3. The highest BCUT2D eigenvalue weighted by Gasteiger charge is 2.12. The SMILES string of the molecule is CCOc1cc(CNCC(O)c2ccccc2)c(Br)cc1OCc1cccc(C)c1. The molecule has 3 aromatic rings. The Morgan fingerprint density at radius 1 is 0.967 bits per heavy atom. The van der Waals surface area contributed by atoms with Crippen LogP contribution in [0.15, 0.2) is 71.2 Å². The van der Waals surface area contributed by atoms with E-state index in [2.05, 4.69) is 46.4 Å². The molecule has 0 aromatic heterocycles. The second kappa shape index (κ2) is 11.2. The summed E-state index contributed by atoms with van der Waals surface area (Å²) in [5, 5.41) is 13.6. The van der Waals surface area contributed by atoms with Crippen molar-refractivity contribution in [2.24, 2.45) is 0 Å². The number of rotatable bonds is 10. The number of aliphatic hydroxyl groups is 1. The molecule has 0 spiro atoms. The fourth-order valence-electron chi connectivity index (χ4n) is 3.19. The molecule has 0 amide bonds. The van der Waals surface area contributed by atoms with Gasteiger partial charge in [0.1, 0.15) is 6.61 Å². The molecule has 4 nitrogen and oxygen atoms in total. The standard InChI is InChI=1S/C25H28BrNO3/c1-3-29-24-13-21(15-27-16-23(28)20-10-5-4-6-11-20)22(26)14-25(24)30-17-19-9-7-8-18(2)12-19/h4-14,23,27-28H,3,15-17H2,1-2H3. The van der Waals surface area contributed by atoms with Gasteiger partial charge in [0.05, 0.1) is 12.7 Å². The minimum absolute atomic E-state index is 0.464. The van der Waals surface area contributed by atoms with E-state index in [0.29, 0.717) is 37.8 Å². The van der Waals surface area contributed by atoms with Gasteiger partial charge in [-0.2, -0.15) is 0 Å². The number of nitrogens with one attached hydrogen (secondary N) is 1. The molecule has 0 fully saturated rings. The molecular formula is C25H28BrNO3. The lowest BCUT2D eigenvalue weighted by molar-refractivity contribution is 0.174. The molecule has 1 unspecified atom stereocenters. The Balaban J connectivity index is 1.64. The maximum absolute atomic E-state index is 10.3. The van der Waals surface area contributed by atoms with Gasteiger partial charge in [0.15, 0.2) is 11.5 Å². The Labute approximate surface area is 187 Å². The van der Waals surface area contributed by atoms with Crippen molar-refractivity contribution >= 4 is 15.9 Å². The third-order valence-corrected chi connectivity index (χ3v) is 5.47. The number of aliphatic hydroxyl groups excluding tert-OH is 1. The molecule has 0 radical (unpaired) electrons. The molecule has 0 heterocycles. The van der Waals surface area contributed by atoms with E-state index in [4.69, 9.17) is 9.47 Å². The summed E-state index contributed by atoms with van der Waals surface area (Å²) >= 11 is 3.64. The molecule has 0 saturated heterocycles. The highest BCUT2D eigenvalue weighted by molar-refractivity contribution is 9.10. The van der Waals surface area contributed by atoms with Crippen molar-refractivity contribution in [1.29, 1.82) is 0 Å². The average molecular weight is 470 g/mol. The van der Waals surface area contributed by atoms with Crippen molar-refractivity contribution in [3.8, 4) is 11.5 Å². The van der Waals surface area contributed by atoms with Crippen molar-refractivity contribution in [2.75, 3.05) is 13.2 Å². The van der Waals surface area contributed by atoms with Gasteiger partial charge in [0, 0.05) is 17.6 Å². The molecule has 0 bridgehead atoms. The van der Waals surface area contributed by atoms with E-state index in [1.165, 1.54) is 5.56 Å². The number of benzene rings is 3. The van der Waals surface area contributed by atoms with Gasteiger partial charge < -0.3 is 19.9 Å². The number of aryl methyl sites for hydroxylation is 1. The topological polar surface area (TPSA) is 50.7 Å². The number of hydrogen-bond donors (Lipinski definition) is 2. The van der Waals surface area contributed by atoms with E-state index in [9.17, 15) is 5.11 Å². The fourth-order valence-corrected chi connectivity index (χ4v) is 3.66. The summed E-state index contributed by atoms with van der Waals surface area (Å²) in [4.78, 5) is 0. The maximum Gasteiger partial charge on any atom is 0.162 e. The van der Waals surface area contributed by atoms with Crippen LogP contribution in [-0.4, -0.2) is 18.3 Å². The van der Waals surface area contributed by atoms with Gasteiger partial charge in [0.2, 0.25) is 0 Å². The van der Waals surface area contributed by atoms with Crippen LogP contribution in [0.2, 0.25) is 0 Å². The van der Waals surface area contributed by atoms with Crippen LogP contribution in [0.1, 0.15) is 35.3 Å².